The normalized spacial score (nSPS) is 10.6. The van der Waals surface area contributed by atoms with Crippen LogP contribution in [0.3, 0.4) is 0 Å². The number of aromatic nitrogens is 2. The summed E-state index contributed by atoms with van der Waals surface area (Å²) in [7, 11) is 0. The first kappa shape index (κ1) is 22.0. The second kappa shape index (κ2) is 9.97. The van der Waals surface area contributed by atoms with Crippen LogP contribution in [0.25, 0.3) is 0 Å². The maximum absolute atomic E-state index is 12.7. The van der Waals surface area contributed by atoms with Crippen LogP contribution >= 0.6 is 11.6 Å². The molecule has 0 aliphatic rings. The molecule has 0 radical (unpaired) electrons. The summed E-state index contributed by atoms with van der Waals surface area (Å²) in [6.45, 7) is 0.733. The molecule has 3 aromatic carbocycles. The lowest BCUT2D eigenvalue weighted by Gasteiger charge is -2.08. The summed E-state index contributed by atoms with van der Waals surface area (Å²) >= 11 is 6.26. The number of anilines is 1. The highest BCUT2D eigenvalue weighted by atomic mass is 35.5. The maximum Gasteiger partial charge on any atom is 0.269 e. The van der Waals surface area contributed by atoms with Crippen molar-refractivity contribution in [1.82, 2.24) is 9.78 Å². The fourth-order valence-corrected chi connectivity index (χ4v) is 3.34. The van der Waals surface area contributed by atoms with Crippen molar-refractivity contribution in [3.05, 3.63) is 117 Å². The number of nitro groups is 1. The molecule has 0 saturated heterocycles. The number of hydrogen-bond acceptors (Lipinski definition) is 5. The van der Waals surface area contributed by atoms with Crippen LogP contribution in [0, 0.1) is 10.1 Å². The Morgan fingerprint density at radius 2 is 1.76 bits per heavy atom. The van der Waals surface area contributed by atoms with E-state index in [9.17, 15) is 14.9 Å². The zero-order valence-corrected chi connectivity index (χ0v) is 18.1. The predicted octanol–water partition coefficient (Wildman–Crippen LogP) is 5.32. The Kier molecular flexibility index (Phi) is 6.66. The molecular weight excluding hydrogens is 444 g/mol. The Bertz CT molecular complexity index is 1270. The number of nitrogens with one attached hydrogen (secondary N) is 1. The number of ether oxygens (including phenoxy) is 1. The molecule has 1 aromatic heterocycles. The third-order valence-electron chi connectivity index (χ3n) is 4.78. The number of rotatable bonds is 8. The van der Waals surface area contributed by atoms with E-state index in [0.29, 0.717) is 22.9 Å². The lowest BCUT2D eigenvalue weighted by molar-refractivity contribution is -0.384. The number of nitro benzene ring substituents is 1. The molecular formula is C24H19ClN4O4. The highest BCUT2D eigenvalue weighted by Gasteiger charge is 2.13. The van der Waals surface area contributed by atoms with E-state index in [1.54, 1.807) is 29.1 Å². The van der Waals surface area contributed by atoms with Crippen LogP contribution < -0.4 is 10.1 Å². The van der Waals surface area contributed by atoms with Gasteiger partial charge >= 0.3 is 0 Å². The number of benzene rings is 3. The Morgan fingerprint density at radius 3 is 2.48 bits per heavy atom. The molecule has 0 bridgehead atoms. The summed E-state index contributed by atoms with van der Waals surface area (Å²) in [5.41, 5.74) is 2.25. The van der Waals surface area contributed by atoms with E-state index >= 15 is 0 Å². The minimum Gasteiger partial charge on any atom is -0.489 e. The van der Waals surface area contributed by atoms with Crippen LogP contribution in [-0.2, 0) is 13.2 Å². The predicted molar refractivity (Wildman–Crippen MR) is 125 cm³/mol. The third-order valence-corrected chi connectivity index (χ3v) is 5.06. The van der Waals surface area contributed by atoms with Gasteiger partial charge in [-0.05, 0) is 35.4 Å². The van der Waals surface area contributed by atoms with Crippen molar-refractivity contribution in [3.63, 3.8) is 0 Å². The van der Waals surface area contributed by atoms with E-state index in [4.69, 9.17) is 16.3 Å². The minimum atomic E-state index is -0.469. The molecule has 33 heavy (non-hydrogen) atoms. The number of halogens is 1. The van der Waals surface area contributed by atoms with Gasteiger partial charge in [0.05, 0.1) is 11.5 Å². The van der Waals surface area contributed by atoms with Gasteiger partial charge in [-0.2, -0.15) is 5.10 Å². The molecule has 4 rings (SSSR count). The highest BCUT2D eigenvalue weighted by Crippen LogP contribution is 2.22. The second-order valence-electron chi connectivity index (χ2n) is 7.20. The summed E-state index contributed by atoms with van der Waals surface area (Å²) < 4.78 is 7.34. The SMILES string of the molecule is O=C(Nc1nn(Cc2ccccc2)cc1Cl)c1cccc(COc2ccc([N+](=O)[O-])cc2)c1. The molecule has 0 fully saturated rings. The Morgan fingerprint density at radius 1 is 1.03 bits per heavy atom. The van der Waals surface area contributed by atoms with Crippen LogP contribution in [0.1, 0.15) is 21.5 Å². The summed E-state index contributed by atoms with van der Waals surface area (Å²) in [6, 6.07) is 22.6. The number of non-ortho nitro benzene ring substituents is 1. The van der Waals surface area contributed by atoms with E-state index in [2.05, 4.69) is 10.4 Å². The molecule has 0 aliphatic heterocycles. The molecule has 0 aliphatic carbocycles. The minimum absolute atomic E-state index is 0.00844. The lowest BCUT2D eigenvalue weighted by Crippen LogP contribution is -2.13. The standard InChI is InChI=1S/C24H19ClN4O4/c25-22-15-28(14-17-5-2-1-3-6-17)27-23(22)26-24(30)19-8-4-7-18(13-19)16-33-21-11-9-20(10-12-21)29(31)32/h1-13,15H,14,16H2,(H,26,27,30). The molecule has 1 heterocycles. The van der Waals surface area contributed by atoms with Crippen LogP contribution in [-0.4, -0.2) is 20.6 Å². The first-order valence-electron chi connectivity index (χ1n) is 10.0. The van der Waals surface area contributed by atoms with Crippen molar-refractivity contribution in [2.45, 2.75) is 13.2 Å². The van der Waals surface area contributed by atoms with E-state index in [1.165, 1.54) is 24.3 Å². The van der Waals surface area contributed by atoms with Crippen molar-refractivity contribution in [2.24, 2.45) is 0 Å². The average Bonchev–Trinajstić information content (AvgIpc) is 3.17. The quantitative estimate of drug-likeness (QED) is 0.282. The van der Waals surface area contributed by atoms with Gasteiger partial charge in [-0.3, -0.25) is 19.6 Å². The third kappa shape index (κ3) is 5.75. The topological polar surface area (TPSA) is 99.3 Å². The van der Waals surface area contributed by atoms with Gasteiger partial charge in [-0.1, -0.05) is 54.1 Å². The van der Waals surface area contributed by atoms with E-state index in [1.807, 2.05) is 36.4 Å². The van der Waals surface area contributed by atoms with E-state index < -0.39 is 4.92 Å². The van der Waals surface area contributed by atoms with Gasteiger partial charge < -0.3 is 10.1 Å². The molecule has 4 aromatic rings. The maximum atomic E-state index is 12.7. The molecule has 0 spiro atoms. The number of hydrogen-bond donors (Lipinski definition) is 1. The van der Waals surface area contributed by atoms with Crippen molar-refractivity contribution in [3.8, 4) is 5.75 Å². The van der Waals surface area contributed by atoms with Gasteiger partial charge in [0, 0.05) is 23.9 Å². The summed E-state index contributed by atoms with van der Waals surface area (Å²) in [5, 5.41) is 18.2. The lowest BCUT2D eigenvalue weighted by atomic mass is 10.1. The molecule has 1 N–H and O–H groups in total. The van der Waals surface area contributed by atoms with Gasteiger partial charge in [0.1, 0.15) is 17.4 Å². The molecule has 0 saturated carbocycles. The highest BCUT2D eigenvalue weighted by molar-refractivity contribution is 6.33. The van der Waals surface area contributed by atoms with Crippen LogP contribution in [0.2, 0.25) is 5.02 Å². The summed E-state index contributed by atoms with van der Waals surface area (Å²) in [4.78, 5) is 23.0. The zero-order chi connectivity index (χ0) is 23.2. The van der Waals surface area contributed by atoms with Gasteiger partial charge in [0.15, 0.2) is 5.82 Å². The van der Waals surface area contributed by atoms with Gasteiger partial charge in [0.2, 0.25) is 0 Å². The molecule has 0 atom stereocenters. The van der Waals surface area contributed by atoms with Gasteiger partial charge in [-0.15, -0.1) is 0 Å². The van der Waals surface area contributed by atoms with Crippen LogP contribution in [0.5, 0.6) is 5.75 Å². The van der Waals surface area contributed by atoms with Crippen LogP contribution in [0.15, 0.2) is 85.1 Å². The van der Waals surface area contributed by atoms with Crippen LogP contribution in [0.4, 0.5) is 11.5 Å². The van der Waals surface area contributed by atoms with E-state index in [-0.39, 0.29) is 24.0 Å². The fourth-order valence-electron chi connectivity index (χ4n) is 3.15. The van der Waals surface area contributed by atoms with Crippen molar-refractivity contribution in [2.75, 3.05) is 5.32 Å². The Hall–Kier alpha value is -4.17. The number of carbonyl (C=O) groups is 1. The first-order chi connectivity index (χ1) is 16.0. The Balaban J connectivity index is 1.39. The summed E-state index contributed by atoms with van der Waals surface area (Å²) in [6.07, 6.45) is 1.67. The number of carbonyl (C=O) groups excluding carboxylic acids is 1. The van der Waals surface area contributed by atoms with E-state index in [0.717, 1.165) is 11.1 Å². The average molecular weight is 463 g/mol. The van der Waals surface area contributed by atoms with Gasteiger partial charge in [0.25, 0.3) is 11.6 Å². The number of nitrogens with zero attached hydrogens (tertiary/aromatic N) is 3. The largest absolute Gasteiger partial charge is 0.489 e. The molecule has 8 nitrogen and oxygen atoms in total. The molecule has 0 unspecified atom stereocenters. The smallest absolute Gasteiger partial charge is 0.269 e. The van der Waals surface area contributed by atoms with Crippen molar-refractivity contribution >= 4 is 29.0 Å². The molecule has 9 heteroatoms. The molecule has 166 valence electrons. The fraction of sp³-hybridized carbons (Fsp3) is 0.0833. The number of amides is 1. The molecule has 1 amide bonds. The monoisotopic (exact) mass is 462 g/mol. The van der Waals surface area contributed by atoms with Crippen molar-refractivity contribution < 1.29 is 14.5 Å². The first-order valence-corrected chi connectivity index (χ1v) is 10.4. The summed E-state index contributed by atoms with van der Waals surface area (Å²) in [5.74, 6) is 0.426. The van der Waals surface area contributed by atoms with Crippen molar-refractivity contribution in [1.29, 1.82) is 0 Å². The second-order valence-corrected chi connectivity index (χ2v) is 7.61. The zero-order valence-electron chi connectivity index (χ0n) is 17.3. The van der Waals surface area contributed by atoms with Gasteiger partial charge in [-0.25, -0.2) is 0 Å². The Labute approximate surface area is 194 Å².